The molecule has 0 spiro atoms. The number of anilines is 1. The number of fused-ring (bicyclic) bond motifs is 1. The lowest BCUT2D eigenvalue weighted by Gasteiger charge is -2.05. The largest absolute Gasteiger partial charge is 0.307 e. The second kappa shape index (κ2) is 5.22. The van der Waals surface area contributed by atoms with Gasteiger partial charge in [-0.05, 0) is 30.3 Å². The molecule has 0 unspecified atom stereocenters. The Balaban J connectivity index is 1.88. The van der Waals surface area contributed by atoms with Crippen molar-refractivity contribution < 1.29 is 4.79 Å². The first-order valence-corrected chi connectivity index (χ1v) is 6.25. The van der Waals surface area contributed by atoms with Gasteiger partial charge in [0, 0.05) is 18.0 Å². The Hall–Kier alpha value is -2.53. The zero-order chi connectivity index (χ0) is 13.9. The van der Waals surface area contributed by atoms with Crippen LogP contribution in [0.4, 0.5) is 5.82 Å². The minimum atomic E-state index is -0.271. The van der Waals surface area contributed by atoms with Gasteiger partial charge in [-0.2, -0.15) is 0 Å². The predicted molar refractivity (Wildman–Crippen MR) is 76.7 cm³/mol. The van der Waals surface area contributed by atoms with Gasteiger partial charge in [-0.1, -0.05) is 17.7 Å². The Kier molecular flexibility index (Phi) is 3.26. The summed E-state index contributed by atoms with van der Waals surface area (Å²) in [6, 6.07) is 10.2. The number of nitrogens with zero attached hydrogens (tertiary/aromatic N) is 3. The van der Waals surface area contributed by atoms with Crippen LogP contribution < -0.4 is 5.32 Å². The van der Waals surface area contributed by atoms with E-state index in [-0.39, 0.29) is 5.91 Å². The van der Waals surface area contributed by atoms with E-state index in [1.54, 1.807) is 48.8 Å². The molecule has 2 heterocycles. The van der Waals surface area contributed by atoms with Gasteiger partial charge in [0.1, 0.15) is 11.0 Å². The molecule has 0 aliphatic carbocycles. The minimum Gasteiger partial charge on any atom is -0.307 e. The number of nitrogens with one attached hydrogen (secondary N) is 1. The molecule has 0 saturated carbocycles. The van der Waals surface area contributed by atoms with E-state index < -0.39 is 0 Å². The van der Waals surface area contributed by atoms with Crippen molar-refractivity contribution in [3.8, 4) is 0 Å². The normalized spacial score (nSPS) is 10.4. The van der Waals surface area contributed by atoms with Gasteiger partial charge in [-0.15, -0.1) is 0 Å². The third-order valence-electron chi connectivity index (χ3n) is 2.69. The van der Waals surface area contributed by atoms with Crippen molar-refractivity contribution in [2.24, 2.45) is 0 Å². The van der Waals surface area contributed by atoms with Crippen LogP contribution in [0.5, 0.6) is 0 Å². The summed E-state index contributed by atoms with van der Waals surface area (Å²) in [5, 5.41) is 3.01. The van der Waals surface area contributed by atoms with E-state index in [0.29, 0.717) is 22.1 Å². The number of hydrogen-bond donors (Lipinski definition) is 1. The monoisotopic (exact) mass is 284 g/mol. The molecule has 2 aromatic heterocycles. The van der Waals surface area contributed by atoms with Crippen molar-refractivity contribution >= 4 is 34.4 Å². The number of carbonyl (C=O) groups is 1. The van der Waals surface area contributed by atoms with Crippen molar-refractivity contribution in [1.29, 1.82) is 0 Å². The molecule has 3 aromatic rings. The molecule has 0 aliphatic rings. The Morgan fingerprint density at radius 2 is 1.85 bits per heavy atom. The third kappa shape index (κ3) is 2.57. The predicted octanol–water partition coefficient (Wildman–Crippen LogP) is 2.93. The highest BCUT2D eigenvalue weighted by Gasteiger charge is 2.08. The number of aromatic nitrogens is 3. The summed E-state index contributed by atoms with van der Waals surface area (Å²) in [5.41, 5.74) is 1.89. The highest BCUT2D eigenvalue weighted by Crippen LogP contribution is 2.14. The third-order valence-corrected chi connectivity index (χ3v) is 2.90. The first kappa shape index (κ1) is 12.5. The first-order valence-electron chi connectivity index (χ1n) is 5.87. The Morgan fingerprint density at radius 3 is 2.65 bits per heavy atom. The number of rotatable bonds is 2. The Labute approximate surface area is 119 Å². The average Bonchev–Trinajstić information content (AvgIpc) is 2.47. The fraction of sp³-hybridized carbons (Fsp3) is 0. The molecular weight excluding hydrogens is 276 g/mol. The summed E-state index contributed by atoms with van der Waals surface area (Å²) >= 11 is 5.77. The van der Waals surface area contributed by atoms with Gasteiger partial charge >= 0.3 is 0 Å². The molecule has 1 amide bonds. The van der Waals surface area contributed by atoms with Gasteiger partial charge in [0.25, 0.3) is 5.91 Å². The van der Waals surface area contributed by atoms with Crippen LogP contribution in [-0.2, 0) is 0 Å². The number of pyridine rings is 1. The molecule has 20 heavy (non-hydrogen) atoms. The summed E-state index contributed by atoms with van der Waals surface area (Å²) in [7, 11) is 0. The van der Waals surface area contributed by atoms with Gasteiger partial charge in [0.15, 0.2) is 0 Å². The van der Waals surface area contributed by atoms with Gasteiger partial charge in [-0.25, -0.2) is 4.98 Å². The highest BCUT2D eigenvalue weighted by molar-refractivity contribution is 6.29. The number of halogens is 1. The van der Waals surface area contributed by atoms with E-state index in [4.69, 9.17) is 11.6 Å². The van der Waals surface area contributed by atoms with E-state index in [1.165, 1.54) is 0 Å². The maximum Gasteiger partial charge on any atom is 0.256 e. The summed E-state index contributed by atoms with van der Waals surface area (Å²) < 4.78 is 0. The zero-order valence-electron chi connectivity index (χ0n) is 10.2. The molecule has 98 valence electrons. The lowest BCUT2D eigenvalue weighted by molar-refractivity contribution is 0.102. The minimum absolute atomic E-state index is 0.271. The average molecular weight is 285 g/mol. The summed E-state index contributed by atoms with van der Waals surface area (Å²) in [6.07, 6.45) is 3.19. The smallest absolute Gasteiger partial charge is 0.256 e. The van der Waals surface area contributed by atoms with Crippen LogP contribution in [0.25, 0.3) is 11.0 Å². The highest BCUT2D eigenvalue weighted by atomic mass is 35.5. The SMILES string of the molecule is O=C(Nc1cccc(Cl)n1)c1ccc2nccnc2c1. The number of amides is 1. The van der Waals surface area contributed by atoms with Gasteiger partial charge in [0.05, 0.1) is 11.0 Å². The van der Waals surface area contributed by atoms with E-state index in [2.05, 4.69) is 20.3 Å². The zero-order valence-corrected chi connectivity index (χ0v) is 11.0. The standard InChI is InChI=1S/C14H9ClN4O/c15-12-2-1-3-13(18-12)19-14(20)9-4-5-10-11(8-9)17-7-6-16-10/h1-8H,(H,18,19,20). The van der Waals surface area contributed by atoms with E-state index in [9.17, 15) is 4.79 Å². The van der Waals surface area contributed by atoms with E-state index in [1.807, 2.05) is 0 Å². The maximum absolute atomic E-state index is 12.1. The van der Waals surface area contributed by atoms with Gasteiger partial charge in [-0.3, -0.25) is 14.8 Å². The van der Waals surface area contributed by atoms with Gasteiger partial charge < -0.3 is 5.32 Å². The molecule has 0 fully saturated rings. The van der Waals surface area contributed by atoms with Crippen LogP contribution in [0, 0.1) is 0 Å². The van der Waals surface area contributed by atoms with E-state index >= 15 is 0 Å². The Bertz CT molecular complexity index is 791. The van der Waals surface area contributed by atoms with Crippen LogP contribution in [-0.4, -0.2) is 20.9 Å². The summed E-state index contributed by atoms with van der Waals surface area (Å²) in [5.74, 6) is 0.133. The second-order valence-electron chi connectivity index (χ2n) is 4.06. The molecule has 0 saturated heterocycles. The fourth-order valence-electron chi connectivity index (χ4n) is 1.77. The fourth-order valence-corrected chi connectivity index (χ4v) is 1.93. The van der Waals surface area contributed by atoms with Crippen LogP contribution >= 0.6 is 11.6 Å². The molecule has 0 aliphatic heterocycles. The quantitative estimate of drug-likeness (QED) is 0.735. The first-order chi connectivity index (χ1) is 9.72. The summed E-state index contributed by atoms with van der Waals surface area (Å²) in [4.78, 5) is 24.5. The number of carbonyl (C=O) groups excluding carboxylic acids is 1. The topological polar surface area (TPSA) is 67.8 Å². The molecule has 0 bridgehead atoms. The van der Waals surface area contributed by atoms with Crippen molar-refractivity contribution in [1.82, 2.24) is 15.0 Å². The molecule has 1 N–H and O–H groups in total. The van der Waals surface area contributed by atoms with Crippen LogP contribution in [0.2, 0.25) is 5.15 Å². The molecule has 3 rings (SSSR count). The van der Waals surface area contributed by atoms with Crippen molar-refractivity contribution in [3.05, 3.63) is 59.5 Å². The maximum atomic E-state index is 12.1. The molecule has 1 aromatic carbocycles. The second-order valence-corrected chi connectivity index (χ2v) is 4.45. The lowest BCUT2D eigenvalue weighted by Crippen LogP contribution is -2.12. The van der Waals surface area contributed by atoms with Crippen molar-refractivity contribution in [2.75, 3.05) is 5.32 Å². The number of hydrogen-bond acceptors (Lipinski definition) is 4. The van der Waals surface area contributed by atoms with Crippen LogP contribution in [0.15, 0.2) is 48.8 Å². The van der Waals surface area contributed by atoms with Crippen molar-refractivity contribution in [3.63, 3.8) is 0 Å². The van der Waals surface area contributed by atoms with Crippen LogP contribution in [0.3, 0.4) is 0 Å². The molecule has 5 nitrogen and oxygen atoms in total. The molecular formula is C14H9ClN4O. The van der Waals surface area contributed by atoms with Gasteiger partial charge in [0.2, 0.25) is 0 Å². The molecule has 0 atom stereocenters. The molecule has 6 heteroatoms. The Morgan fingerprint density at radius 1 is 1.05 bits per heavy atom. The number of benzene rings is 1. The van der Waals surface area contributed by atoms with Crippen molar-refractivity contribution in [2.45, 2.75) is 0 Å². The summed E-state index contributed by atoms with van der Waals surface area (Å²) in [6.45, 7) is 0. The van der Waals surface area contributed by atoms with E-state index in [0.717, 1.165) is 5.52 Å². The molecule has 0 radical (unpaired) electrons. The lowest BCUT2D eigenvalue weighted by atomic mass is 10.2. The van der Waals surface area contributed by atoms with Crippen LogP contribution in [0.1, 0.15) is 10.4 Å².